The van der Waals surface area contributed by atoms with E-state index < -0.39 is 0 Å². The molecule has 0 bridgehead atoms. The van der Waals surface area contributed by atoms with Crippen molar-refractivity contribution in [2.75, 3.05) is 0 Å². The van der Waals surface area contributed by atoms with Crippen molar-refractivity contribution in [3.8, 4) is 0 Å². The molecule has 0 aliphatic heterocycles. The zero-order valence-corrected chi connectivity index (χ0v) is 5.38. The van der Waals surface area contributed by atoms with Gasteiger partial charge in [-0.25, -0.2) is 4.98 Å². The molecule has 1 rings (SSSR count). The van der Waals surface area contributed by atoms with E-state index in [1.54, 1.807) is 6.20 Å². The summed E-state index contributed by atoms with van der Waals surface area (Å²) in [5.74, 6) is 0. The lowest BCUT2D eigenvalue weighted by atomic mass is 10.7. The van der Waals surface area contributed by atoms with E-state index in [0.717, 1.165) is 5.01 Å². The minimum Gasteiger partial charge on any atom is -0.250 e. The molecule has 0 saturated carbocycles. The fourth-order valence-electron chi connectivity index (χ4n) is 0.423. The Hall–Kier alpha value is -1.06. The predicted molar refractivity (Wildman–Crippen MR) is 35.0 cm³/mol. The Kier molecular flexibility index (Phi) is 2.06. The minimum absolute atomic E-state index is 0.369. The molecular formula is C4H4N4S. The van der Waals surface area contributed by atoms with Crippen molar-refractivity contribution in [1.29, 1.82) is 0 Å². The van der Waals surface area contributed by atoms with E-state index in [4.69, 9.17) is 5.53 Å². The van der Waals surface area contributed by atoms with Crippen LogP contribution in [0.4, 0.5) is 0 Å². The molecule has 46 valence electrons. The minimum atomic E-state index is 0.369. The summed E-state index contributed by atoms with van der Waals surface area (Å²) in [5.41, 5.74) is 7.90. The second kappa shape index (κ2) is 3.06. The second-order valence-corrected chi connectivity index (χ2v) is 2.29. The van der Waals surface area contributed by atoms with Gasteiger partial charge >= 0.3 is 0 Å². The van der Waals surface area contributed by atoms with Gasteiger partial charge in [-0.05, 0) is 5.53 Å². The summed E-state index contributed by atoms with van der Waals surface area (Å²) in [5, 5.41) is 6.05. The van der Waals surface area contributed by atoms with E-state index in [9.17, 15) is 0 Å². The topological polar surface area (TPSA) is 61.7 Å². The van der Waals surface area contributed by atoms with E-state index in [0.29, 0.717) is 6.54 Å². The van der Waals surface area contributed by atoms with Crippen LogP contribution in [0.3, 0.4) is 0 Å². The highest BCUT2D eigenvalue weighted by molar-refractivity contribution is 7.09. The highest BCUT2D eigenvalue weighted by Crippen LogP contribution is 2.04. The van der Waals surface area contributed by atoms with Crippen molar-refractivity contribution in [3.05, 3.63) is 27.0 Å². The maximum atomic E-state index is 7.90. The van der Waals surface area contributed by atoms with Gasteiger partial charge in [0, 0.05) is 16.5 Å². The first-order chi connectivity index (χ1) is 4.43. The van der Waals surface area contributed by atoms with Crippen LogP contribution < -0.4 is 0 Å². The lowest BCUT2D eigenvalue weighted by Crippen LogP contribution is -1.73. The van der Waals surface area contributed by atoms with E-state index in [2.05, 4.69) is 15.0 Å². The van der Waals surface area contributed by atoms with E-state index in [1.165, 1.54) is 11.3 Å². The van der Waals surface area contributed by atoms with Crippen molar-refractivity contribution in [3.63, 3.8) is 0 Å². The summed E-state index contributed by atoms with van der Waals surface area (Å²) in [4.78, 5) is 6.51. The molecule has 1 aromatic heterocycles. The van der Waals surface area contributed by atoms with Gasteiger partial charge in [0.05, 0.1) is 11.6 Å². The summed E-state index contributed by atoms with van der Waals surface area (Å²) < 4.78 is 0. The van der Waals surface area contributed by atoms with Crippen LogP contribution in [0.5, 0.6) is 0 Å². The molecule has 1 heterocycles. The molecule has 5 heteroatoms. The Labute approximate surface area is 55.8 Å². The summed E-state index contributed by atoms with van der Waals surface area (Å²) in [6.07, 6.45) is 1.69. The zero-order chi connectivity index (χ0) is 6.53. The number of rotatable bonds is 2. The fraction of sp³-hybridized carbons (Fsp3) is 0.250. The first-order valence-corrected chi connectivity index (χ1v) is 3.20. The van der Waals surface area contributed by atoms with Gasteiger partial charge in [0.2, 0.25) is 0 Å². The molecular weight excluding hydrogens is 136 g/mol. The molecule has 1 aromatic rings. The van der Waals surface area contributed by atoms with Gasteiger partial charge < -0.3 is 0 Å². The molecule has 0 aliphatic carbocycles. The van der Waals surface area contributed by atoms with Gasteiger partial charge in [-0.1, -0.05) is 5.11 Å². The van der Waals surface area contributed by atoms with Crippen molar-refractivity contribution >= 4 is 11.3 Å². The van der Waals surface area contributed by atoms with Gasteiger partial charge in [-0.15, -0.1) is 11.3 Å². The van der Waals surface area contributed by atoms with Crippen LogP contribution in [0.25, 0.3) is 10.4 Å². The lowest BCUT2D eigenvalue weighted by Gasteiger charge is -1.78. The first kappa shape index (κ1) is 6.07. The van der Waals surface area contributed by atoms with Gasteiger partial charge in [-0.2, -0.15) is 0 Å². The summed E-state index contributed by atoms with van der Waals surface area (Å²) >= 11 is 1.49. The molecule has 0 aromatic carbocycles. The normalized spacial score (nSPS) is 8.44. The van der Waals surface area contributed by atoms with Crippen LogP contribution in [-0.4, -0.2) is 4.98 Å². The Morgan fingerprint density at radius 2 is 2.78 bits per heavy atom. The summed E-state index contributed by atoms with van der Waals surface area (Å²) in [7, 11) is 0. The number of aromatic nitrogens is 1. The molecule has 0 atom stereocenters. The number of hydrogen-bond acceptors (Lipinski definition) is 3. The molecule has 0 aliphatic rings. The molecule has 0 radical (unpaired) electrons. The van der Waals surface area contributed by atoms with Crippen LogP contribution in [-0.2, 0) is 6.54 Å². The highest BCUT2D eigenvalue weighted by Gasteiger charge is 1.88. The molecule has 0 amide bonds. The number of thiazole rings is 1. The van der Waals surface area contributed by atoms with Crippen LogP contribution in [0.1, 0.15) is 5.01 Å². The van der Waals surface area contributed by atoms with Gasteiger partial charge in [0.1, 0.15) is 0 Å². The third-order valence-corrected chi connectivity index (χ3v) is 1.52. The van der Waals surface area contributed by atoms with Crippen molar-refractivity contribution in [2.24, 2.45) is 5.11 Å². The second-order valence-electron chi connectivity index (χ2n) is 1.31. The molecule has 4 nitrogen and oxygen atoms in total. The number of nitrogens with zero attached hydrogens (tertiary/aromatic N) is 4. The maximum Gasteiger partial charge on any atom is 0.0982 e. The van der Waals surface area contributed by atoms with E-state index >= 15 is 0 Å². The Morgan fingerprint density at radius 1 is 1.89 bits per heavy atom. The third kappa shape index (κ3) is 1.71. The largest absolute Gasteiger partial charge is 0.250 e. The molecule has 0 N–H and O–H groups in total. The third-order valence-electron chi connectivity index (χ3n) is 0.753. The van der Waals surface area contributed by atoms with Crippen LogP contribution >= 0.6 is 11.3 Å². The molecule has 9 heavy (non-hydrogen) atoms. The quantitative estimate of drug-likeness (QED) is 0.352. The smallest absolute Gasteiger partial charge is 0.0982 e. The Morgan fingerprint density at radius 3 is 3.33 bits per heavy atom. The molecule has 0 unspecified atom stereocenters. The lowest BCUT2D eigenvalue weighted by molar-refractivity contribution is 1.02. The van der Waals surface area contributed by atoms with Crippen molar-refractivity contribution in [2.45, 2.75) is 6.54 Å². The van der Waals surface area contributed by atoms with Gasteiger partial charge in [0.25, 0.3) is 0 Å². The van der Waals surface area contributed by atoms with Gasteiger partial charge in [0.15, 0.2) is 0 Å². The highest BCUT2D eigenvalue weighted by atomic mass is 32.1. The predicted octanol–water partition coefficient (Wildman–Crippen LogP) is 1.95. The Balaban J connectivity index is 2.57. The van der Waals surface area contributed by atoms with Crippen molar-refractivity contribution < 1.29 is 0 Å². The summed E-state index contributed by atoms with van der Waals surface area (Å²) in [6.45, 7) is 0.369. The fourth-order valence-corrected chi connectivity index (χ4v) is 0.956. The number of azide groups is 1. The SMILES string of the molecule is [N-]=[N+]=NCc1nccs1. The standard InChI is InChI=1S/C4H4N4S/c5-8-7-3-4-6-1-2-9-4/h1-2H,3H2. The van der Waals surface area contributed by atoms with Crippen molar-refractivity contribution in [1.82, 2.24) is 4.98 Å². The summed E-state index contributed by atoms with van der Waals surface area (Å²) in [6, 6.07) is 0. The van der Waals surface area contributed by atoms with Crippen LogP contribution in [0.15, 0.2) is 16.7 Å². The molecule has 0 fully saturated rings. The zero-order valence-electron chi connectivity index (χ0n) is 4.56. The van der Waals surface area contributed by atoms with E-state index in [1.807, 2.05) is 5.38 Å². The number of hydrogen-bond donors (Lipinski definition) is 0. The van der Waals surface area contributed by atoms with Crippen LogP contribution in [0.2, 0.25) is 0 Å². The Bertz CT molecular complexity index is 210. The average Bonchev–Trinajstić information content (AvgIpc) is 2.34. The maximum absolute atomic E-state index is 7.90. The first-order valence-electron chi connectivity index (χ1n) is 2.32. The van der Waals surface area contributed by atoms with Gasteiger partial charge in [-0.3, -0.25) is 0 Å². The van der Waals surface area contributed by atoms with E-state index in [-0.39, 0.29) is 0 Å². The molecule has 0 saturated heterocycles. The molecule has 0 spiro atoms. The monoisotopic (exact) mass is 140 g/mol. The average molecular weight is 140 g/mol. The van der Waals surface area contributed by atoms with Crippen LogP contribution in [0, 0.1) is 0 Å².